The molecule has 1 saturated heterocycles. The lowest BCUT2D eigenvalue weighted by molar-refractivity contribution is -0.00847. The number of ether oxygens (including phenoxy) is 1. The van der Waals surface area contributed by atoms with Crippen LogP contribution < -0.4 is 0 Å². The minimum atomic E-state index is -0.268. The zero-order chi connectivity index (χ0) is 13.0. The minimum Gasteiger partial charge on any atom is -0.392 e. The highest BCUT2D eigenvalue weighted by Gasteiger charge is 2.22. The molecule has 0 spiro atoms. The van der Waals surface area contributed by atoms with Crippen LogP contribution in [0.15, 0.2) is 24.3 Å². The van der Waals surface area contributed by atoms with E-state index in [-0.39, 0.29) is 6.10 Å². The summed E-state index contributed by atoms with van der Waals surface area (Å²) in [4.78, 5) is 0. The summed E-state index contributed by atoms with van der Waals surface area (Å²) in [6.45, 7) is 5.96. The molecule has 100 valence electrons. The van der Waals surface area contributed by atoms with Crippen LogP contribution in [0.3, 0.4) is 0 Å². The van der Waals surface area contributed by atoms with E-state index in [0.29, 0.717) is 18.4 Å². The van der Waals surface area contributed by atoms with Crippen molar-refractivity contribution in [2.24, 2.45) is 5.92 Å². The second-order valence-corrected chi connectivity index (χ2v) is 5.64. The van der Waals surface area contributed by atoms with Crippen molar-refractivity contribution in [2.45, 2.75) is 45.1 Å². The van der Waals surface area contributed by atoms with Gasteiger partial charge in [0.2, 0.25) is 0 Å². The molecule has 2 nitrogen and oxygen atoms in total. The molecule has 2 unspecified atom stereocenters. The third-order valence-corrected chi connectivity index (χ3v) is 3.83. The van der Waals surface area contributed by atoms with Gasteiger partial charge in [-0.05, 0) is 36.3 Å². The van der Waals surface area contributed by atoms with Gasteiger partial charge in [-0.2, -0.15) is 0 Å². The zero-order valence-electron chi connectivity index (χ0n) is 11.4. The molecule has 2 heteroatoms. The Labute approximate surface area is 110 Å². The molecule has 0 saturated carbocycles. The average molecular weight is 248 g/mol. The average Bonchev–Trinajstić information content (AvgIpc) is 2.40. The van der Waals surface area contributed by atoms with Crippen LogP contribution >= 0.6 is 0 Å². The topological polar surface area (TPSA) is 29.5 Å². The molecule has 18 heavy (non-hydrogen) atoms. The van der Waals surface area contributed by atoms with Crippen molar-refractivity contribution in [2.75, 3.05) is 13.2 Å². The largest absolute Gasteiger partial charge is 0.392 e. The monoisotopic (exact) mass is 248 g/mol. The molecule has 0 bridgehead atoms. The first-order valence-electron chi connectivity index (χ1n) is 7.01. The molecule has 0 amide bonds. The van der Waals surface area contributed by atoms with E-state index in [2.05, 4.69) is 38.1 Å². The van der Waals surface area contributed by atoms with Crippen molar-refractivity contribution < 1.29 is 9.84 Å². The van der Waals surface area contributed by atoms with Crippen LogP contribution in [0.2, 0.25) is 0 Å². The highest BCUT2D eigenvalue weighted by Crippen LogP contribution is 2.21. The van der Waals surface area contributed by atoms with Crippen LogP contribution in [-0.2, 0) is 11.2 Å². The van der Waals surface area contributed by atoms with E-state index in [1.54, 1.807) is 0 Å². The third kappa shape index (κ3) is 3.56. The lowest BCUT2D eigenvalue weighted by Gasteiger charge is -2.26. The van der Waals surface area contributed by atoms with Crippen molar-refractivity contribution in [3.8, 4) is 0 Å². The molecule has 2 atom stereocenters. The highest BCUT2D eigenvalue weighted by atomic mass is 16.5. The van der Waals surface area contributed by atoms with E-state index in [0.717, 1.165) is 25.9 Å². The fourth-order valence-corrected chi connectivity index (χ4v) is 2.52. The van der Waals surface area contributed by atoms with Gasteiger partial charge in [-0.1, -0.05) is 38.1 Å². The molecule has 1 aliphatic rings. The van der Waals surface area contributed by atoms with E-state index in [9.17, 15) is 5.11 Å². The molecule has 1 aromatic rings. The van der Waals surface area contributed by atoms with E-state index in [1.807, 2.05) is 0 Å². The Bertz CT molecular complexity index is 350. The van der Waals surface area contributed by atoms with Gasteiger partial charge in [0.1, 0.15) is 0 Å². The summed E-state index contributed by atoms with van der Waals surface area (Å²) >= 11 is 0. The second-order valence-electron chi connectivity index (χ2n) is 5.64. The molecule has 0 aliphatic carbocycles. The SMILES string of the molecule is CC(C)c1ccc(CC(O)C2CCCOC2)cc1. The Morgan fingerprint density at radius 2 is 2.00 bits per heavy atom. The minimum absolute atomic E-state index is 0.268. The molecule has 1 aliphatic heterocycles. The maximum Gasteiger partial charge on any atom is 0.0630 e. The lowest BCUT2D eigenvalue weighted by atomic mass is 9.91. The van der Waals surface area contributed by atoms with Gasteiger partial charge in [0, 0.05) is 12.5 Å². The standard InChI is InChI=1S/C16H24O2/c1-12(2)14-7-5-13(6-8-14)10-16(17)15-4-3-9-18-11-15/h5-8,12,15-17H,3-4,9-11H2,1-2H3. The Morgan fingerprint density at radius 3 is 2.56 bits per heavy atom. The Kier molecular flexibility index (Phi) is 4.79. The number of benzene rings is 1. The van der Waals surface area contributed by atoms with Gasteiger partial charge in [0.25, 0.3) is 0 Å². The van der Waals surface area contributed by atoms with Gasteiger partial charge in [-0.25, -0.2) is 0 Å². The number of rotatable bonds is 4. The van der Waals surface area contributed by atoms with Crippen molar-refractivity contribution in [3.63, 3.8) is 0 Å². The molecule has 2 rings (SSSR count). The molecule has 1 heterocycles. The van der Waals surface area contributed by atoms with Crippen LogP contribution in [0.4, 0.5) is 0 Å². The molecule has 1 fully saturated rings. The summed E-state index contributed by atoms with van der Waals surface area (Å²) in [5.74, 6) is 0.874. The first-order chi connectivity index (χ1) is 8.66. The molecule has 1 aromatic carbocycles. The Hall–Kier alpha value is -0.860. The fourth-order valence-electron chi connectivity index (χ4n) is 2.52. The molecular formula is C16H24O2. The van der Waals surface area contributed by atoms with Gasteiger partial charge < -0.3 is 9.84 Å². The predicted octanol–water partition coefficient (Wildman–Crippen LogP) is 3.14. The van der Waals surface area contributed by atoms with Crippen LogP contribution in [0.25, 0.3) is 0 Å². The zero-order valence-corrected chi connectivity index (χ0v) is 11.4. The van der Waals surface area contributed by atoms with Crippen molar-refractivity contribution in [1.82, 2.24) is 0 Å². The summed E-state index contributed by atoms with van der Waals surface area (Å²) in [6.07, 6.45) is 2.64. The van der Waals surface area contributed by atoms with Gasteiger partial charge in [-0.3, -0.25) is 0 Å². The molecule has 0 aromatic heterocycles. The van der Waals surface area contributed by atoms with Crippen molar-refractivity contribution in [1.29, 1.82) is 0 Å². The summed E-state index contributed by atoms with van der Waals surface area (Å²) in [6, 6.07) is 8.62. The Balaban J connectivity index is 1.91. The van der Waals surface area contributed by atoms with Gasteiger partial charge >= 0.3 is 0 Å². The Morgan fingerprint density at radius 1 is 1.28 bits per heavy atom. The predicted molar refractivity (Wildman–Crippen MR) is 73.8 cm³/mol. The first-order valence-corrected chi connectivity index (χ1v) is 7.01. The number of hydrogen-bond acceptors (Lipinski definition) is 2. The number of hydrogen-bond donors (Lipinski definition) is 1. The molecule has 1 N–H and O–H groups in total. The first kappa shape index (κ1) is 13.6. The summed E-state index contributed by atoms with van der Waals surface area (Å²) in [5.41, 5.74) is 2.58. The van der Waals surface area contributed by atoms with Crippen molar-refractivity contribution in [3.05, 3.63) is 35.4 Å². The van der Waals surface area contributed by atoms with Crippen LogP contribution in [-0.4, -0.2) is 24.4 Å². The summed E-state index contributed by atoms with van der Waals surface area (Å²) < 4.78 is 5.43. The quantitative estimate of drug-likeness (QED) is 0.887. The maximum absolute atomic E-state index is 10.2. The third-order valence-electron chi connectivity index (χ3n) is 3.83. The lowest BCUT2D eigenvalue weighted by Crippen LogP contribution is -2.30. The molecular weight excluding hydrogens is 224 g/mol. The van der Waals surface area contributed by atoms with E-state index in [4.69, 9.17) is 4.74 Å². The molecule has 0 radical (unpaired) electrons. The van der Waals surface area contributed by atoms with Crippen LogP contribution in [0, 0.1) is 5.92 Å². The number of aliphatic hydroxyl groups excluding tert-OH is 1. The fraction of sp³-hybridized carbons (Fsp3) is 0.625. The highest BCUT2D eigenvalue weighted by molar-refractivity contribution is 5.25. The van der Waals surface area contributed by atoms with Gasteiger partial charge in [0.05, 0.1) is 12.7 Å². The van der Waals surface area contributed by atoms with Gasteiger partial charge in [0.15, 0.2) is 0 Å². The van der Waals surface area contributed by atoms with Gasteiger partial charge in [-0.15, -0.1) is 0 Å². The smallest absolute Gasteiger partial charge is 0.0630 e. The summed E-state index contributed by atoms with van der Waals surface area (Å²) in [7, 11) is 0. The summed E-state index contributed by atoms with van der Waals surface area (Å²) in [5, 5.41) is 10.2. The van der Waals surface area contributed by atoms with E-state index < -0.39 is 0 Å². The van der Waals surface area contributed by atoms with E-state index >= 15 is 0 Å². The number of aliphatic hydroxyl groups is 1. The maximum atomic E-state index is 10.2. The normalized spacial score (nSPS) is 22.1. The van der Waals surface area contributed by atoms with Crippen LogP contribution in [0.5, 0.6) is 0 Å². The van der Waals surface area contributed by atoms with Crippen molar-refractivity contribution >= 4 is 0 Å². The van der Waals surface area contributed by atoms with Crippen LogP contribution in [0.1, 0.15) is 43.7 Å². The second kappa shape index (κ2) is 6.35. The van der Waals surface area contributed by atoms with E-state index in [1.165, 1.54) is 11.1 Å².